The third kappa shape index (κ3) is 3.40. The van der Waals surface area contributed by atoms with Crippen LogP contribution in [0.25, 0.3) is 0 Å². The van der Waals surface area contributed by atoms with Crippen LogP contribution in [0.5, 0.6) is 0 Å². The molecule has 0 unspecified atom stereocenters. The van der Waals surface area contributed by atoms with Crippen LogP contribution < -0.4 is 5.32 Å². The Morgan fingerprint density at radius 3 is 2.78 bits per heavy atom. The molecule has 0 radical (unpaired) electrons. The Morgan fingerprint density at radius 2 is 2.06 bits per heavy atom. The van der Waals surface area contributed by atoms with Gasteiger partial charge in [-0.2, -0.15) is 0 Å². The monoisotopic (exact) mass is 251 g/mol. The van der Waals surface area contributed by atoms with Crippen LogP contribution in [0.2, 0.25) is 0 Å². The van der Waals surface area contributed by atoms with Gasteiger partial charge in [-0.1, -0.05) is 39.0 Å². The predicted octanol–water partition coefficient (Wildman–Crippen LogP) is 3.56. The highest BCUT2D eigenvalue weighted by Crippen LogP contribution is 2.26. The van der Waals surface area contributed by atoms with Crippen molar-refractivity contribution in [1.29, 1.82) is 0 Å². The van der Waals surface area contributed by atoms with Gasteiger partial charge in [0.25, 0.3) is 0 Å². The summed E-state index contributed by atoms with van der Waals surface area (Å²) in [4.78, 5) is 7.90. The Morgan fingerprint density at radius 1 is 1.28 bits per heavy atom. The van der Waals surface area contributed by atoms with Crippen LogP contribution in [0.3, 0.4) is 0 Å². The van der Waals surface area contributed by atoms with Crippen LogP contribution >= 0.6 is 0 Å². The zero-order valence-electron chi connectivity index (χ0n) is 11.1. The fourth-order valence-corrected chi connectivity index (χ4v) is 2.65. The molecule has 0 spiro atoms. The molecule has 1 fully saturated rings. The molecule has 0 aromatic carbocycles. The number of aryl methyl sites for hydroxylation is 1. The number of anilines is 1. The van der Waals surface area contributed by atoms with Crippen molar-refractivity contribution < 1.29 is 4.39 Å². The van der Waals surface area contributed by atoms with Crippen molar-refractivity contribution in [1.82, 2.24) is 9.97 Å². The Hall–Kier alpha value is -1.19. The van der Waals surface area contributed by atoms with E-state index in [9.17, 15) is 4.39 Å². The minimum Gasteiger partial charge on any atom is -0.368 e. The predicted molar refractivity (Wildman–Crippen MR) is 71.0 cm³/mol. The summed E-state index contributed by atoms with van der Waals surface area (Å²) in [7, 11) is 0. The van der Waals surface area contributed by atoms with Gasteiger partial charge in [0.2, 0.25) is 0 Å². The van der Waals surface area contributed by atoms with Gasteiger partial charge in [-0.3, -0.25) is 0 Å². The Labute approximate surface area is 108 Å². The van der Waals surface area contributed by atoms with Gasteiger partial charge in [-0.15, -0.1) is 0 Å². The quantitative estimate of drug-likeness (QED) is 0.869. The van der Waals surface area contributed by atoms with Crippen LogP contribution in [0.4, 0.5) is 10.2 Å². The van der Waals surface area contributed by atoms with Gasteiger partial charge in [0, 0.05) is 6.54 Å². The molecular formula is C14H22FN3. The molecular weight excluding hydrogens is 229 g/mol. The molecule has 0 bridgehead atoms. The summed E-state index contributed by atoms with van der Waals surface area (Å²) in [6.45, 7) is 2.71. The van der Waals surface area contributed by atoms with Gasteiger partial charge in [-0.05, 0) is 18.8 Å². The Kier molecular flexibility index (Phi) is 4.90. The molecule has 18 heavy (non-hydrogen) atoms. The SMILES string of the molecule is CCc1ncnc(NCCC2CCCCC2)c1F. The number of halogens is 1. The number of nitrogens with one attached hydrogen (secondary N) is 1. The molecule has 1 saturated carbocycles. The van der Waals surface area contributed by atoms with Gasteiger partial charge in [0.05, 0.1) is 5.69 Å². The first-order valence-electron chi connectivity index (χ1n) is 7.04. The lowest BCUT2D eigenvalue weighted by Gasteiger charge is -2.21. The number of hydrogen-bond donors (Lipinski definition) is 1. The van der Waals surface area contributed by atoms with Crippen molar-refractivity contribution in [3.8, 4) is 0 Å². The fraction of sp³-hybridized carbons (Fsp3) is 0.714. The van der Waals surface area contributed by atoms with E-state index >= 15 is 0 Å². The molecule has 1 aliphatic carbocycles. The normalized spacial score (nSPS) is 16.8. The van der Waals surface area contributed by atoms with Crippen molar-refractivity contribution in [2.24, 2.45) is 5.92 Å². The van der Waals surface area contributed by atoms with E-state index in [4.69, 9.17) is 0 Å². The van der Waals surface area contributed by atoms with Crippen LogP contribution in [0.15, 0.2) is 6.33 Å². The summed E-state index contributed by atoms with van der Waals surface area (Å²) in [6, 6.07) is 0. The average molecular weight is 251 g/mol. The number of aromatic nitrogens is 2. The van der Waals surface area contributed by atoms with Gasteiger partial charge in [0.1, 0.15) is 6.33 Å². The minimum absolute atomic E-state index is 0.288. The van der Waals surface area contributed by atoms with E-state index in [1.165, 1.54) is 38.4 Å². The number of hydrogen-bond acceptors (Lipinski definition) is 3. The van der Waals surface area contributed by atoms with Crippen LogP contribution in [0, 0.1) is 11.7 Å². The second kappa shape index (κ2) is 6.66. The smallest absolute Gasteiger partial charge is 0.186 e. The lowest BCUT2D eigenvalue weighted by Crippen LogP contribution is -2.14. The van der Waals surface area contributed by atoms with Crippen molar-refractivity contribution in [2.75, 3.05) is 11.9 Å². The molecule has 0 saturated heterocycles. The Balaban J connectivity index is 1.82. The van der Waals surface area contributed by atoms with E-state index in [-0.39, 0.29) is 5.82 Å². The maximum Gasteiger partial charge on any atom is 0.186 e. The molecule has 3 nitrogen and oxygen atoms in total. The highest BCUT2D eigenvalue weighted by molar-refractivity contribution is 5.37. The fourth-order valence-electron chi connectivity index (χ4n) is 2.65. The van der Waals surface area contributed by atoms with Gasteiger partial charge in [0.15, 0.2) is 11.6 Å². The Bertz CT molecular complexity index is 375. The summed E-state index contributed by atoms with van der Waals surface area (Å²) in [5.41, 5.74) is 0.491. The van der Waals surface area contributed by atoms with Crippen LogP contribution in [-0.4, -0.2) is 16.5 Å². The first-order chi connectivity index (χ1) is 8.81. The summed E-state index contributed by atoms with van der Waals surface area (Å²) in [5, 5.41) is 3.11. The summed E-state index contributed by atoms with van der Waals surface area (Å²) in [6.07, 6.45) is 9.90. The largest absolute Gasteiger partial charge is 0.368 e. The molecule has 1 N–H and O–H groups in total. The maximum absolute atomic E-state index is 13.9. The molecule has 1 aromatic heterocycles. The molecule has 1 heterocycles. The second-order valence-corrected chi connectivity index (χ2v) is 5.06. The van der Waals surface area contributed by atoms with Crippen LogP contribution in [-0.2, 0) is 6.42 Å². The van der Waals surface area contributed by atoms with E-state index in [1.807, 2.05) is 6.92 Å². The lowest BCUT2D eigenvalue weighted by atomic mass is 9.87. The summed E-state index contributed by atoms with van der Waals surface area (Å²) >= 11 is 0. The van der Waals surface area contributed by atoms with E-state index < -0.39 is 0 Å². The molecule has 0 aliphatic heterocycles. The first kappa shape index (κ1) is 13.2. The third-order valence-corrected chi connectivity index (χ3v) is 3.77. The minimum atomic E-state index is -0.288. The lowest BCUT2D eigenvalue weighted by molar-refractivity contribution is 0.345. The number of nitrogens with zero attached hydrogens (tertiary/aromatic N) is 2. The van der Waals surface area contributed by atoms with Gasteiger partial charge in [-0.25, -0.2) is 14.4 Å². The van der Waals surface area contributed by atoms with Crippen molar-refractivity contribution in [3.63, 3.8) is 0 Å². The molecule has 2 rings (SSSR count). The third-order valence-electron chi connectivity index (χ3n) is 3.77. The summed E-state index contributed by atoms with van der Waals surface area (Å²) in [5.74, 6) is 0.878. The van der Waals surface area contributed by atoms with E-state index in [1.54, 1.807) is 0 Å². The standard InChI is InChI=1S/C14H22FN3/c1-2-12-13(15)14(18-10-17-12)16-9-8-11-6-4-3-5-7-11/h10-11H,2-9H2,1H3,(H,16,17,18). The van der Waals surface area contributed by atoms with E-state index in [0.717, 1.165) is 18.9 Å². The average Bonchev–Trinajstić information content (AvgIpc) is 2.42. The molecule has 1 aromatic rings. The highest BCUT2D eigenvalue weighted by atomic mass is 19.1. The zero-order valence-corrected chi connectivity index (χ0v) is 11.1. The molecule has 1 aliphatic rings. The van der Waals surface area contributed by atoms with Crippen molar-refractivity contribution in [2.45, 2.75) is 51.9 Å². The van der Waals surface area contributed by atoms with Crippen molar-refractivity contribution in [3.05, 3.63) is 17.8 Å². The number of rotatable bonds is 5. The van der Waals surface area contributed by atoms with Gasteiger partial charge < -0.3 is 5.32 Å². The second-order valence-electron chi connectivity index (χ2n) is 5.06. The maximum atomic E-state index is 13.9. The van der Waals surface area contributed by atoms with E-state index in [0.29, 0.717) is 17.9 Å². The zero-order chi connectivity index (χ0) is 12.8. The van der Waals surface area contributed by atoms with Crippen LogP contribution in [0.1, 0.15) is 51.1 Å². The van der Waals surface area contributed by atoms with Gasteiger partial charge >= 0.3 is 0 Å². The topological polar surface area (TPSA) is 37.8 Å². The molecule has 100 valence electrons. The first-order valence-corrected chi connectivity index (χ1v) is 7.04. The molecule has 0 amide bonds. The van der Waals surface area contributed by atoms with Crippen molar-refractivity contribution >= 4 is 5.82 Å². The molecule has 4 heteroatoms. The molecule has 0 atom stereocenters. The van der Waals surface area contributed by atoms with E-state index in [2.05, 4.69) is 15.3 Å². The highest BCUT2D eigenvalue weighted by Gasteiger charge is 2.14. The summed E-state index contributed by atoms with van der Waals surface area (Å²) < 4.78 is 13.9.